The van der Waals surface area contributed by atoms with Crippen molar-refractivity contribution < 1.29 is 19.1 Å². The minimum atomic E-state index is -0.792. The van der Waals surface area contributed by atoms with Gasteiger partial charge in [0.05, 0.1) is 57.6 Å². The van der Waals surface area contributed by atoms with Gasteiger partial charge in [-0.05, 0) is 38.0 Å². The van der Waals surface area contributed by atoms with Gasteiger partial charge in [0.2, 0.25) is 17.7 Å². The molecule has 34 heavy (non-hydrogen) atoms. The van der Waals surface area contributed by atoms with Crippen LogP contribution in [0.1, 0.15) is 31.7 Å². The molecule has 4 atom stereocenters. The van der Waals surface area contributed by atoms with Gasteiger partial charge in [-0.2, -0.15) is 14.0 Å². The second-order valence-corrected chi connectivity index (χ2v) is 10.0. The maximum absolute atomic E-state index is 13.8. The van der Waals surface area contributed by atoms with Crippen LogP contribution in [0.4, 0.5) is 5.69 Å². The van der Waals surface area contributed by atoms with Crippen molar-refractivity contribution >= 4 is 51.9 Å². The van der Waals surface area contributed by atoms with E-state index in [-0.39, 0.29) is 18.4 Å². The molecular formula is C23H18ClN5O4S. The molecule has 2 amide bonds. The summed E-state index contributed by atoms with van der Waals surface area (Å²) < 4.78 is 20.7. The quantitative estimate of drug-likeness (QED) is 0.493. The molecule has 0 spiro atoms. The second kappa shape index (κ2) is 7.43. The van der Waals surface area contributed by atoms with E-state index in [1.807, 2.05) is 6.92 Å². The van der Waals surface area contributed by atoms with Crippen LogP contribution in [-0.2, 0) is 14.3 Å². The van der Waals surface area contributed by atoms with Crippen LogP contribution in [-0.4, -0.2) is 43.4 Å². The minimum Gasteiger partial charge on any atom is -0.478 e. The van der Waals surface area contributed by atoms with Crippen LogP contribution >= 0.6 is 23.3 Å². The van der Waals surface area contributed by atoms with Gasteiger partial charge in [0.1, 0.15) is 17.1 Å². The van der Waals surface area contributed by atoms with Gasteiger partial charge in [0.25, 0.3) is 0 Å². The second-order valence-electron chi connectivity index (χ2n) is 9.07. The molecule has 0 aliphatic carbocycles. The predicted octanol–water partition coefficient (Wildman–Crippen LogP) is 3.51. The molecule has 0 saturated carbocycles. The van der Waals surface area contributed by atoms with Crippen LogP contribution in [0.5, 0.6) is 5.88 Å². The number of hydrogen-bond acceptors (Lipinski definition) is 9. The summed E-state index contributed by atoms with van der Waals surface area (Å²) in [5, 5.41) is 9.88. The number of aromatic nitrogens is 3. The van der Waals surface area contributed by atoms with Crippen molar-refractivity contribution in [2.45, 2.75) is 37.4 Å². The molecule has 172 valence electrons. The zero-order chi connectivity index (χ0) is 23.7. The first-order valence-corrected chi connectivity index (χ1v) is 12.0. The third kappa shape index (κ3) is 2.90. The molecule has 2 bridgehead atoms. The molecule has 6 rings (SSSR count). The minimum absolute atomic E-state index is 0.284. The average molecular weight is 496 g/mol. The Labute approximate surface area is 203 Å². The van der Waals surface area contributed by atoms with E-state index in [1.54, 1.807) is 24.3 Å². The van der Waals surface area contributed by atoms with Crippen molar-refractivity contribution in [2.75, 3.05) is 11.5 Å². The highest BCUT2D eigenvalue weighted by molar-refractivity contribution is 7.00. The van der Waals surface area contributed by atoms with Gasteiger partial charge in [-0.3, -0.25) is 9.59 Å². The van der Waals surface area contributed by atoms with Crippen molar-refractivity contribution in [1.29, 1.82) is 5.26 Å². The summed E-state index contributed by atoms with van der Waals surface area (Å²) in [4.78, 5) is 32.8. The maximum atomic E-state index is 13.8. The van der Waals surface area contributed by atoms with Crippen LogP contribution in [0.2, 0.25) is 5.02 Å². The molecule has 0 unspecified atom stereocenters. The predicted molar refractivity (Wildman–Crippen MR) is 122 cm³/mol. The molecule has 9 nitrogen and oxygen atoms in total. The van der Waals surface area contributed by atoms with Gasteiger partial charge in [0.15, 0.2) is 0 Å². The molecule has 3 aliphatic heterocycles. The highest BCUT2D eigenvalue weighted by atomic mass is 35.5. The maximum Gasteiger partial charge on any atom is 0.240 e. The number of anilines is 1. The molecule has 3 aromatic rings. The molecule has 3 aliphatic rings. The number of hydrogen-bond donors (Lipinski definition) is 0. The van der Waals surface area contributed by atoms with E-state index in [2.05, 4.69) is 19.8 Å². The normalized spacial score (nSPS) is 29.6. The summed E-state index contributed by atoms with van der Waals surface area (Å²) in [7, 11) is 0. The largest absolute Gasteiger partial charge is 0.478 e. The van der Waals surface area contributed by atoms with E-state index in [4.69, 9.17) is 21.1 Å². The highest BCUT2D eigenvalue weighted by Crippen LogP contribution is 2.62. The van der Waals surface area contributed by atoms with Gasteiger partial charge in [-0.15, -0.1) is 0 Å². The lowest BCUT2D eigenvalue weighted by molar-refractivity contribution is -0.131. The van der Waals surface area contributed by atoms with Crippen LogP contribution in [0.25, 0.3) is 11.0 Å². The van der Waals surface area contributed by atoms with Gasteiger partial charge in [-0.1, -0.05) is 11.6 Å². The Morgan fingerprint density at radius 1 is 1.21 bits per heavy atom. The molecule has 3 saturated heterocycles. The summed E-state index contributed by atoms with van der Waals surface area (Å²) in [5.41, 5.74) is -0.0173. The van der Waals surface area contributed by atoms with Crippen molar-refractivity contribution in [2.24, 2.45) is 11.8 Å². The number of benzene rings is 1. The molecule has 1 aromatic carbocycles. The Balaban J connectivity index is 1.32. The Kier molecular flexibility index (Phi) is 4.68. The van der Waals surface area contributed by atoms with Gasteiger partial charge >= 0.3 is 0 Å². The zero-order valence-electron chi connectivity index (χ0n) is 18.0. The number of pyridine rings is 1. The fourth-order valence-corrected chi connectivity index (χ4v) is 6.43. The fourth-order valence-electron chi connectivity index (χ4n) is 5.75. The topological polar surface area (TPSA) is 118 Å². The van der Waals surface area contributed by atoms with E-state index >= 15 is 0 Å². The third-order valence-electron chi connectivity index (χ3n) is 7.24. The number of carbonyl (C=O) groups excluding carboxylic acids is 2. The van der Waals surface area contributed by atoms with Crippen molar-refractivity contribution in [3.8, 4) is 11.9 Å². The number of halogens is 1. The van der Waals surface area contributed by atoms with Gasteiger partial charge in [-0.25, -0.2) is 9.88 Å². The number of amides is 2. The number of nitrogens with zero attached hydrogens (tertiary/aromatic N) is 5. The van der Waals surface area contributed by atoms with Gasteiger partial charge in [0, 0.05) is 18.7 Å². The third-order valence-corrected chi connectivity index (χ3v) is 7.99. The summed E-state index contributed by atoms with van der Waals surface area (Å²) >= 11 is 6.83. The van der Waals surface area contributed by atoms with Crippen molar-refractivity contribution in [3.63, 3.8) is 0 Å². The summed E-state index contributed by atoms with van der Waals surface area (Å²) in [6.45, 7) is 2.20. The fraction of sp³-hybridized carbons (Fsp3) is 0.391. The number of fused-ring (bicyclic) bond motifs is 6. The van der Waals surface area contributed by atoms with E-state index < -0.39 is 23.0 Å². The standard InChI is InChI=1S/C23H18ClN5O4S/c1-22-6-7-23(33-22,8-9-32-15-5-3-13(24)11-26-15)17-16(22)20(30)29(21(17)31)14-4-2-12(10-25)18-19(14)28-34-27-18/h2-5,11,16-17H,6-9H2,1H3/t16-,17+,22-,23-/m0/s1. The number of ether oxygens (including phenoxy) is 2. The molecule has 5 heterocycles. The molecular weight excluding hydrogens is 478 g/mol. The zero-order valence-corrected chi connectivity index (χ0v) is 19.6. The number of imide groups is 1. The molecule has 3 fully saturated rings. The summed E-state index contributed by atoms with van der Waals surface area (Å²) in [5.74, 6) is -1.36. The summed E-state index contributed by atoms with van der Waals surface area (Å²) in [6.07, 6.45) is 3.30. The summed E-state index contributed by atoms with van der Waals surface area (Å²) in [6, 6.07) is 8.63. The van der Waals surface area contributed by atoms with E-state index in [9.17, 15) is 14.9 Å². The smallest absolute Gasteiger partial charge is 0.240 e. The Morgan fingerprint density at radius 3 is 2.76 bits per heavy atom. The Morgan fingerprint density at radius 2 is 2.00 bits per heavy atom. The molecule has 0 radical (unpaired) electrons. The average Bonchev–Trinajstić information content (AvgIpc) is 3.56. The van der Waals surface area contributed by atoms with E-state index in [0.717, 1.165) is 11.7 Å². The lowest BCUT2D eigenvalue weighted by Gasteiger charge is -2.31. The van der Waals surface area contributed by atoms with Crippen LogP contribution in [0, 0.1) is 23.2 Å². The lowest BCUT2D eigenvalue weighted by Crippen LogP contribution is -2.43. The SMILES string of the molecule is C[C@@]12CC[C@@](CCOc3ccc(Cl)cn3)(O1)[C@H]1C(=O)N(c3ccc(C#N)c4nsnc34)C(=O)[C@H]12. The lowest BCUT2D eigenvalue weighted by atomic mass is 9.67. The first-order chi connectivity index (χ1) is 16.4. The first kappa shape index (κ1) is 21.4. The van der Waals surface area contributed by atoms with E-state index in [1.165, 1.54) is 11.1 Å². The number of nitriles is 1. The van der Waals surface area contributed by atoms with Crippen molar-refractivity contribution in [1.82, 2.24) is 13.7 Å². The first-order valence-electron chi connectivity index (χ1n) is 10.8. The number of rotatable bonds is 5. The highest BCUT2D eigenvalue weighted by Gasteiger charge is 2.74. The number of carbonyl (C=O) groups is 2. The van der Waals surface area contributed by atoms with Crippen LogP contribution < -0.4 is 9.64 Å². The van der Waals surface area contributed by atoms with Crippen molar-refractivity contribution in [3.05, 3.63) is 41.0 Å². The Hall–Kier alpha value is -3.13. The van der Waals surface area contributed by atoms with Gasteiger partial charge < -0.3 is 9.47 Å². The Bertz CT molecular complexity index is 1390. The molecule has 11 heteroatoms. The monoisotopic (exact) mass is 495 g/mol. The van der Waals surface area contributed by atoms with Crippen LogP contribution in [0.15, 0.2) is 30.5 Å². The van der Waals surface area contributed by atoms with E-state index in [0.29, 0.717) is 52.4 Å². The molecule has 2 aromatic heterocycles. The van der Waals surface area contributed by atoms with Crippen LogP contribution in [0.3, 0.4) is 0 Å². The molecule has 0 N–H and O–H groups in total.